The van der Waals surface area contributed by atoms with E-state index in [1.54, 1.807) is 0 Å². The molecule has 0 radical (unpaired) electrons. The summed E-state index contributed by atoms with van der Waals surface area (Å²) in [5, 5.41) is 14.0. The number of aromatic amines is 1. The van der Waals surface area contributed by atoms with Gasteiger partial charge in [-0.1, -0.05) is 72.8 Å². The van der Waals surface area contributed by atoms with Gasteiger partial charge in [0.25, 0.3) is 5.56 Å². The molecular formula is C31H33N7O. The first-order valence-corrected chi connectivity index (χ1v) is 13.5. The third-order valence-electron chi connectivity index (χ3n) is 7.77. The summed E-state index contributed by atoms with van der Waals surface area (Å²) in [6.45, 7) is 8.98. The van der Waals surface area contributed by atoms with Gasteiger partial charge in [-0.25, -0.2) is 4.68 Å². The van der Waals surface area contributed by atoms with E-state index < -0.39 is 0 Å². The van der Waals surface area contributed by atoms with E-state index in [2.05, 4.69) is 97.9 Å². The number of piperazine rings is 1. The molecule has 1 aliphatic heterocycles. The Hall–Kier alpha value is -4.14. The van der Waals surface area contributed by atoms with Crippen molar-refractivity contribution in [1.82, 2.24) is 35.0 Å². The molecule has 6 rings (SSSR count). The largest absolute Gasteiger partial charge is 0.321 e. The Kier molecular flexibility index (Phi) is 7.04. The number of rotatable bonds is 7. The number of hydrogen-bond donors (Lipinski definition) is 1. The Balaban J connectivity index is 1.37. The minimum absolute atomic E-state index is 0.0952. The van der Waals surface area contributed by atoms with E-state index in [-0.39, 0.29) is 11.6 Å². The number of fused-ring (bicyclic) bond motifs is 1. The minimum Gasteiger partial charge on any atom is -0.321 e. The smallest absolute Gasteiger partial charge is 0.253 e. The van der Waals surface area contributed by atoms with Crippen molar-refractivity contribution in [2.45, 2.75) is 33.0 Å². The van der Waals surface area contributed by atoms with Crippen LogP contribution < -0.4 is 5.56 Å². The van der Waals surface area contributed by atoms with Gasteiger partial charge < -0.3 is 4.98 Å². The van der Waals surface area contributed by atoms with Crippen molar-refractivity contribution in [3.63, 3.8) is 0 Å². The molecule has 1 saturated heterocycles. The molecule has 1 N–H and O–H groups in total. The molecule has 0 unspecified atom stereocenters. The molecule has 3 aromatic carbocycles. The molecule has 0 aliphatic carbocycles. The van der Waals surface area contributed by atoms with E-state index in [4.69, 9.17) is 0 Å². The van der Waals surface area contributed by atoms with E-state index in [0.717, 1.165) is 60.3 Å². The number of pyridine rings is 1. The molecule has 39 heavy (non-hydrogen) atoms. The van der Waals surface area contributed by atoms with Gasteiger partial charge in [0, 0.05) is 43.7 Å². The van der Waals surface area contributed by atoms with Crippen LogP contribution in [0.25, 0.3) is 10.9 Å². The fourth-order valence-electron chi connectivity index (χ4n) is 5.59. The van der Waals surface area contributed by atoms with Gasteiger partial charge in [0.15, 0.2) is 5.82 Å². The SMILES string of the molecule is Cc1ccc(C)c2[nH]c(=O)c([C@H](c3nnnn3Cc3ccccc3)N3CCN(Cc4ccccc4)CC3)cc12. The van der Waals surface area contributed by atoms with Crippen LogP contribution in [0, 0.1) is 13.8 Å². The van der Waals surface area contributed by atoms with Crippen LogP contribution in [0.2, 0.25) is 0 Å². The molecule has 198 valence electrons. The summed E-state index contributed by atoms with van der Waals surface area (Å²) < 4.78 is 1.84. The molecule has 0 bridgehead atoms. The van der Waals surface area contributed by atoms with Crippen LogP contribution in [0.4, 0.5) is 0 Å². The number of nitrogens with zero attached hydrogens (tertiary/aromatic N) is 6. The molecule has 1 atom stereocenters. The number of benzene rings is 3. The summed E-state index contributed by atoms with van der Waals surface area (Å²) in [4.78, 5) is 21.7. The molecular weight excluding hydrogens is 486 g/mol. The second-order valence-corrected chi connectivity index (χ2v) is 10.4. The fourth-order valence-corrected chi connectivity index (χ4v) is 5.59. The van der Waals surface area contributed by atoms with Crippen LogP contribution in [-0.2, 0) is 13.1 Å². The Morgan fingerprint density at radius 2 is 1.46 bits per heavy atom. The van der Waals surface area contributed by atoms with Crippen molar-refractivity contribution < 1.29 is 0 Å². The Morgan fingerprint density at radius 1 is 0.821 bits per heavy atom. The van der Waals surface area contributed by atoms with Crippen molar-refractivity contribution >= 4 is 10.9 Å². The lowest BCUT2D eigenvalue weighted by molar-refractivity contribution is 0.0998. The molecule has 2 aromatic heterocycles. The first-order chi connectivity index (χ1) is 19.1. The van der Waals surface area contributed by atoms with Crippen LogP contribution >= 0.6 is 0 Å². The molecule has 1 aliphatic rings. The zero-order chi connectivity index (χ0) is 26.8. The van der Waals surface area contributed by atoms with Crippen LogP contribution in [0.1, 0.15) is 39.7 Å². The van der Waals surface area contributed by atoms with Crippen LogP contribution in [0.5, 0.6) is 0 Å². The fraction of sp³-hybridized carbons (Fsp3) is 0.290. The average Bonchev–Trinajstić information content (AvgIpc) is 3.41. The molecule has 0 spiro atoms. The minimum atomic E-state index is -0.365. The van der Waals surface area contributed by atoms with E-state index >= 15 is 0 Å². The molecule has 1 fully saturated rings. The van der Waals surface area contributed by atoms with Gasteiger partial charge in [-0.05, 0) is 52.6 Å². The average molecular weight is 520 g/mol. The lowest BCUT2D eigenvalue weighted by atomic mass is 9.99. The topological polar surface area (TPSA) is 82.9 Å². The summed E-state index contributed by atoms with van der Waals surface area (Å²) in [6.07, 6.45) is 0. The predicted molar refractivity (Wildman–Crippen MR) is 153 cm³/mol. The number of H-pyrrole nitrogens is 1. The van der Waals surface area contributed by atoms with Gasteiger partial charge in [0.2, 0.25) is 0 Å². The standard InChI is InChI=1S/C31H33N7O/c1-22-13-14-23(2)28-26(22)19-27(31(39)32-28)29(30-33-34-35-38(30)21-25-11-7-4-8-12-25)37-17-15-36(16-18-37)20-24-9-5-3-6-10-24/h3-14,19,29H,15-18,20-21H2,1-2H3,(H,32,39)/t29-/m1/s1. The Morgan fingerprint density at radius 3 is 2.15 bits per heavy atom. The molecule has 8 nitrogen and oxygen atoms in total. The van der Waals surface area contributed by atoms with E-state index in [1.165, 1.54) is 5.56 Å². The molecule has 3 heterocycles. The van der Waals surface area contributed by atoms with E-state index in [1.807, 2.05) is 29.8 Å². The predicted octanol–water partition coefficient (Wildman–Crippen LogP) is 4.09. The number of hydrogen-bond acceptors (Lipinski definition) is 6. The summed E-state index contributed by atoms with van der Waals surface area (Å²) in [5.74, 6) is 0.686. The second-order valence-electron chi connectivity index (χ2n) is 10.4. The van der Waals surface area contributed by atoms with E-state index in [9.17, 15) is 4.79 Å². The first kappa shape index (κ1) is 25.2. The quantitative estimate of drug-likeness (QED) is 0.349. The van der Waals surface area contributed by atoms with Crippen LogP contribution in [-0.4, -0.2) is 61.2 Å². The molecule has 8 heteroatoms. The maximum Gasteiger partial charge on any atom is 0.253 e. The van der Waals surface area contributed by atoms with Gasteiger partial charge in [-0.2, -0.15) is 0 Å². The number of aryl methyl sites for hydroxylation is 2. The van der Waals surface area contributed by atoms with Crippen molar-refractivity contribution in [3.8, 4) is 0 Å². The third kappa shape index (κ3) is 5.26. The van der Waals surface area contributed by atoms with E-state index in [0.29, 0.717) is 17.9 Å². The highest BCUT2D eigenvalue weighted by molar-refractivity contribution is 5.85. The Labute approximate surface area is 227 Å². The summed E-state index contributed by atoms with van der Waals surface area (Å²) in [5.41, 5.74) is 6.07. The van der Waals surface area contributed by atoms with Crippen LogP contribution in [0.3, 0.4) is 0 Å². The third-order valence-corrected chi connectivity index (χ3v) is 7.77. The Bertz CT molecular complexity index is 1620. The maximum absolute atomic E-state index is 13.7. The van der Waals surface area contributed by atoms with Gasteiger partial charge in [0.1, 0.15) is 6.04 Å². The zero-order valence-electron chi connectivity index (χ0n) is 22.4. The molecule has 5 aromatic rings. The van der Waals surface area contributed by atoms with Crippen LogP contribution in [0.15, 0.2) is 83.7 Å². The monoisotopic (exact) mass is 519 g/mol. The summed E-state index contributed by atoms with van der Waals surface area (Å²) >= 11 is 0. The number of tetrazole rings is 1. The van der Waals surface area contributed by atoms with Crippen molar-refractivity contribution in [2.24, 2.45) is 0 Å². The highest BCUT2D eigenvalue weighted by Crippen LogP contribution is 2.30. The van der Waals surface area contributed by atoms with Crippen molar-refractivity contribution in [1.29, 1.82) is 0 Å². The van der Waals surface area contributed by atoms with Gasteiger partial charge in [-0.3, -0.25) is 14.6 Å². The zero-order valence-corrected chi connectivity index (χ0v) is 22.4. The molecule has 0 amide bonds. The van der Waals surface area contributed by atoms with Gasteiger partial charge >= 0.3 is 0 Å². The van der Waals surface area contributed by atoms with Gasteiger partial charge in [0.05, 0.1) is 12.1 Å². The van der Waals surface area contributed by atoms with Crippen molar-refractivity contribution in [2.75, 3.05) is 26.2 Å². The normalized spacial score (nSPS) is 15.5. The lowest BCUT2D eigenvalue weighted by Gasteiger charge is -2.38. The summed E-state index contributed by atoms with van der Waals surface area (Å²) in [6, 6.07) is 26.6. The number of aromatic nitrogens is 5. The maximum atomic E-state index is 13.7. The highest BCUT2D eigenvalue weighted by Gasteiger charge is 2.33. The summed E-state index contributed by atoms with van der Waals surface area (Å²) in [7, 11) is 0. The first-order valence-electron chi connectivity index (χ1n) is 13.5. The highest BCUT2D eigenvalue weighted by atomic mass is 16.1. The number of nitrogens with one attached hydrogen (secondary N) is 1. The van der Waals surface area contributed by atoms with Gasteiger partial charge in [-0.15, -0.1) is 5.10 Å². The second kappa shape index (κ2) is 10.9. The van der Waals surface area contributed by atoms with Crippen molar-refractivity contribution in [3.05, 3.63) is 123 Å². The molecule has 0 saturated carbocycles. The lowest BCUT2D eigenvalue weighted by Crippen LogP contribution is -2.48.